The van der Waals surface area contributed by atoms with E-state index in [0.717, 1.165) is 14.7 Å². The van der Waals surface area contributed by atoms with Gasteiger partial charge in [-0.15, -0.1) is 0 Å². The van der Waals surface area contributed by atoms with E-state index in [0.29, 0.717) is 12.2 Å². The highest BCUT2D eigenvalue weighted by Gasteiger charge is 2.12. The van der Waals surface area contributed by atoms with Crippen LogP contribution in [0.4, 0.5) is 5.69 Å². The second-order valence-corrected chi connectivity index (χ2v) is 7.36. The molecule has 0 aliphatic heterocycles. The Morgan fingerprint density at radius 2 is 1.75 bits per heavy atom. The SMILES string of the molecule is NCc1cccc(CS(=O)(=O)Nc2cccc(I)c2)c1. The lowest BCUT2D eigenvalue weighted by molar-refractivity contribution is 0.600. The molecule has 6 heteroatoms. The van der Waals surface area contributed by atoms with Crippen molar-refractivity contribution >= 4 is 38.3 Å². The molecule has 0 unspecified atom stereocenters. The fourth-order valence-electron chi connectivity index (χ4n) is 1.83. The third kappa shape index (κ3) is 4.46. The molecule has 2 rings (SSSR count). The van der Waals surface area contributed by atoms with Gasteiger partial charge in [-0.25, -0.2) is 8.42 Å². The monoisotopic (exact) mass is 402 g/mol. The standard InChI is InChI=1S/C14H15IN2O2S/c15-13-5-2-6-14(8-13)17-20(18,19)10-12-4-1-3-11(7-12)9-16/h1-8,17H,9-10,16H2. The second-order valence-electron chi connectivity index (χ2n) is 4.40. The van der Waals surface area contributed by atoms with Crippen molar-refractivity contribution in [3.63, 3.8) is 0 Å². The Morgan fingerprint density at radius 3 is 2.45 bits per heavy atom. The molecule has 2 aromatic rings. The van der Waals surface area contributed by atoms with Crippen LogP contribution in [0.2, 0.25) is 0 Å². The van der Waals surface area contributed by atoms with Gasteiger partial charge in [0.05, 0.1) is 5.75 Å². The normalized spacial score (nSPS) is 11.3. The molecule has 0 atom stereocenters. The summed E-state index contributed by atoms with van der Waals surface area (Å²) in [6.07, 6.45) is 0. The van der Waals surface area contributed by atoms with E-state index >= 15 is 0 Å². The first-order valence-corrected chi connectivity index (χ1v) is 8.75. The Kier molecular flexibility index (Phi) is 5.00. The quantitative estimate of drug-likeness (QED) is 0.756. The van der Waals surface area contributed by atoms with Gasteiger partial charge in [-0.3, -0.25) is 4.72 Å². The van der Waals surface area contributed by atoms with E-state index in [2.05, 4.69) is 27.3 Å². The van der Waals surface area contributed by atoms with Crippen LogP contribution in [0, 0.1) is 3.57 Å². The van der Waals surface area contributed by atoms with Gasteiger partial charge in [0.25, 0.3) is 0 Å². The third-order valence-electron chi connectivity index (χ3n) is 2.68. The number of benzene rings is 2. The molecular weight excluding hydrogens is 387 g/mol. The number of rotatable bonds is 5. The average molecular weight is 402 g/mol. The van der Waals surface area contributed by atoms with Crippen molar-refractivity contribution in [1.29, 1.82) is 0 Å². The van der Waals surface area contributed by atoms with Crippen molar-refractivity contribution < 1.29 is 8.42 Å². The van der Waals surface area contributed by atoms with Crippen molar-refractivity contribution in [2.75, 3.05) is 4.72 Å². The second kappa shape index (κ2) is 6.55. The van der Waals surface area contributed by atoms with Gasteiger partial charge in [0.15, 0.2) is 0 Å². The van der Waals surface area contributed by atoms with Gasteiger partial charge in [0.1, 0.15) is 0 Å². The molecule has 3 N–H and O–H groups in total. The van der Waals surface area contributed by atoms with E-state index in [1.807, 2.05) is 30.3 Å². The van der Waals surface area contributed by atoms with E-state index in [1.54, 1.807) is 18.2 Å². The summed E-state index contributed by atoms with van der Waals surface area (Å²) in [6, 6.07) is 14.5. The molecule has 0 spiro atoms. The van der Waals surface area contributed by atoms with Crippen molar-refractivity contribution in [2.45, 2.75) is 12.3 Å². The van der Waals surface area contributed by atoms with Gasteiger partial charge in [0, 0.05) is 15.8 Å². The third-order valence-corrected chi connectivity index (χ3v) is 4.61. The van der Waals surface area contributed by atoms with Gasteiger partial charge in [-0.2, -0.15) is 0 Å². The highest BCUT2D eigenvalue weighted by molar-refractivity contribution is 14.1. The van der Waals surface area contributed by atoms with E-state index < -0.39 is 10.0 Å². The van der Waals surface area contributed by atoms with Gasteiger partial charge in [-0.05, 0) is 51.9 Å². The van der Waals surface area contributed by atoms with Crippen LogP contribution < -0.4 is 10.5 Å². The number of anilines is 1. The predicted octanol–water partition coefficient (Wildman–Crippen LogP) is 2.69. The number of hydrogen-bond acceptors (Lipinski definition) is 3. The smallest absolute Gasteiger partial charge is 0.236 e. The minimum atomic E-state index is -3.42. The fraction of sp³-hybridized carbons (Fsp3) is 0.143. The summed E-state index contributed by atoms with van der Waals surface area (Å²) >= 11 is 2.14. The molecular formula is C14H15IN2O2S. The van der Waals surface area contributed by atoms with Crippen molar-refractivity contribution in [3.05, 3.63) is 63.2 Å². The lowest BCUT2D eigenvalue weighted by Gasteiger charge is -2.09. The topological polar surface area (TPSA) is 72.2 Å². The largest absolute Gasteiger partial charge is 0.326 e. The highest BCUT2D eigenvalue weighted by atomic mass is 127. The van der Waals surface area contributed by atoms with Gasteiger partial charge < -0.3 is 5.73 Å². The number of halogens is 1. The molecule has 0 aliphatic carbocycles. The molecule has 0 aromatic heterocycles. The molecule has 0 bridgehead atoms. The van der Waals surface area contributed by atoms with E-state index in [1.165, 1.54) is 0 Å². The Hall–Kier alpha value is -1.12. The molecule has 20 heavy (non-hydrogen) atoms. The Bertz CT molecular complexity index is 702. The lowest BCUT2D eigenvalue weighted by Crippen LogP contribution is -2.15. The summed E-state index contributed by atoms with van der Waals surface area (Å²) in [4.78, 5) is 0. The predicted molar refractivity (Wildman–Crippen MR) is 89.7 cm³/mol. The summed E-state index contributed by atoms with van der Waals surface area (Å²) in [6.45, 7) is 0.401. The van der Waals surface area contributed by atoms with Crippen LogP contribution in [0.5, 0.6) is 0 Å². The molecule has 0 heterocycles. The Labute approximate surface area is 132 Å². The van der Waals surface area contributed by atoms with Gasteiger partial charge in [-0.1, -0.05) is 30.3 Å². The Morgan fingerprint density at radius 1 is 1.05 bits per heavy atom. The first-order chi connectivity index (χ1) is 9.48. The van der Waals surface area contributed by atoms with Gasteiger partial charge in [0.2, 0.25) is 10.0 Å². The molecule has 0 fully saturated rings. The minimum Gasteiger partial charge on any atom is -0.326 e. The highest BCUT2D eigenvalue weighted by Crippen LogP contribution is 2.16. The summed E-state index contributed by atoms with van der Waals surface area (Å²) in [5.41, 5.74) is 7.78. The Balaban J connectivity index is 2.14. The molecule has 4 nitrogen and oxygen atoms in total. The van der Waals surface area contributed by atoms with Crippen LogP contribution >= 0.6 is 22.6 Å². The fourth-order valence-corrected chi connectivity index (χ4v) is 3.55. The summed E-state index contributed by atoms with van der Waals surface area (Å²) in [7, 11) is -3.42. The zero-order valence-electron chi connectivity index (χ0n) is 10.7. The maximum absolute atomic E-state index is 12.1. The molecule has 0 saturated carbocycles. The molecule has 0 saturated heterocycles. The van der Waals surface area contributed by atoms with Crippen LogP contribution in [0.1, 0.15) is 11.1 Å². The number of nitrogens with two attached hydrogens (primary N) is 1. The van der Waals surface area contributed by atoms with Crippen LogP contribution in [0.3, 0.4) is 0 Å². The maximum atomic E-state index is 12.1. The zero-order valence-corrected chi connectivity index (χ0v) is 13.7. The van der Waals surface area contributed by atoms with Gasteiger partial charge >= 0.3 is 0 Å². The van der Waals surface area contributed by atoms with Crippen molar-refractivity contribution in [2.24, 2.45) is 5.73 Å². The van der Waals surface area contributed by atoms with Crippen molar-refractivity contribution in [3.8, 4) is 0 Å². The molecule has 2 aromatic carbocycles. The van der Waals surface area contributed by atoms with E-state index in [9.17, 15) is 8.42 Å². The summed E-state index contributed by atoms with van der Waals surface area (Å²) in [5, 5.41) is 0. The summed E-state index contributed by atoms with van der Waals surface area (Å²) in [5.74, 6) is -0.0632. The number of nitrogens with one attached hydrogen (secondary N) is 1. The first-order valence-electron chi connectivity index (χ1n) is 6.02. The van der Waals surface area contributed by atoms with Crippen LogP contribution in [-0.4, -0.2) is 8.42 Å². The van der Waals surface area contributed by atoms with Crippen LogP contribution in [0.15, 0.2) is 48.5 Å². The number of hydrogen-bond donors (Lipinski definition) is 2. The van der Waals surface area contributed by atoms with E-state index in [4.69, 9.17) is 5.73 Å². The molecule has 0 radical (unpaired) electrons. The summed E-state index contributed by atoms with van der Waals surface area (Å²) < 4.78 is 27.8. The average Bonchev–Trinajstić information content (AvgIpc) is 2.37. The zero-order chi connectivity index (χ0) is 14.6. The van der Waals surface area contributed by atoms with Crippen molar-refractivity contribution in [1.82, 2.24) is 0 Å². The molecule has 0 amide bonds. The van der Waals surface area contributed by atoms with E-state index in [-0.39, 0.29) is 5.75 Å². The van der Waals surface area contributed by atoms with Crippen LogP contribution in [-0.2, 0) is 22.3 Å². The molecule has 106 valence electrons. The molecule has 0 aliphatic rings. The lowest BCUT2D eigenvalue weighted by atomic mass is 10.1. The minimum absolute atomic E-state index is 0.0632. The number of sulfonamides is 1. The maximum Gasteiger partial charge on any atom is 0.236 e. The van der Waals surface area contributed by atoms with Crippen LogP contribution in [0.25, 0.3) is 0 Å². The first kappa shape index (κ1) is 15.3.